The van der Waals surface area contributed by atoms with E-state index < -0.39 is 5.60 Å². The number of aliphatic hydroxyl groups excluding tert-OH is 1. The van der Waals surface area contributed by atoms with Crippen LogP contribution in [-0.2, 0) is 0 Å². The Morgan fingerprint density at radius 1 is 1.28 bits per heavy atom. The summed E-state index contributed by atoms with van der Waals surface area (Å²) in [5.74, 6) is 0.694. The van der Waals surface area contributed by atoms with Gasteiger partial charge in [-0.15, -0.1) is 0 Å². The second-order valence-electron chi connectivity index (χ2n) is 5.24. The van der Waals surface area contributed by atoms with E-state index in [9.17, 15) is 10.2 Å². The first-order chi connectivity index (χ1) is 8.37. The van der Waals surface area contributed by atoms with Crippen LogP contribution in [0, 0.1) is 0 Å². The average Bonchev–Trinajstić information content (AvgIpc) is 2.34. The second kappa shape index (κ2) is 6.18. The predicted molar refractivity (Wildman–Crippen MR) is 71.7 cm³/mol. The first-order valence-electron chi connectivity index (χ1n) is 6.10. The summed E-state index contributed by atoms with van der Waals surface area (Å²) in [4.78, 5) is 0. The zero-order valence-corrected chi connectivity index (χ0v) is 11.3. The number of methoxy groups -OCH3 is 1. The molecule has 1 aromatic rings. The first-order valence-corrected chi connectivity index (χ1v) is 6.10. The zero-order chi connectivity index (χ0) is 13.8. The van der Waals surface area contributed by atoms with Crippen LogP contribution < -0.4 is 10.5 Å². The Balaban J connectivity index is 2.94. The van der Waals surface area contributed by atoms with Crippen LogP contribution in [0.5, 0.6) is 5.75 Å². The van der Waals surface area contributed by atoms with Crippen molar-refractivity contribution in [3.63, 3.8) is 0 Å². The largest absolute Gasteiger partial charge is 0.497 e. The van der Waals surface area contributed by atoms with Crippen LogP contribution in [0.15, 0.2) is 24.3 Å². The van der Waals surface area contributed by atoms with Crippen molar-refractivity contribution in [3.05, 3.63) is 29.8 Å². The number of hydrogen-bond acceptors (Lipinski definition) is 4. The Labute approximate surface area is 108 Å². The van der Waals surface area contributed by atoms with Gasteiger partial charge in [0.2, 0.25) is 0 Å². The van der Waals surface area contributed by atoms with Gasteiger partial charge >= 0.3 is 0 Å². The molecule has 18 heavy (non-hydrogen) atoms. The lowest BCUT2D eigenvalue weighted by Gasteiger charge is -2.29. The third-order valence-corrected chi connectivity index (χ3v) is 2.99. The van der Waals surface area contributed by atoms with Gasteiger partial charge in [0.25, 0.3) is 0 Å². The third kappa shape index (κ3) is 4.29. The highest BCUT2D eigenvalue weighted by atomic mass is 16.5. The van der Waals surface area contributed by atoms with Gasteiger partial charge in [0.05, 0.1) is 19.3 Å². The van der Waals surface area contributed by atoms with Crippen LogP contribution >= 0.6 is 0 Å². The summed E-state index contributed by atoms with van der Waals surface area (Å²) in [6.07, 6.45) is 0.501. The molecule has 0 amide bonds. The van der Waals surface area contributed by atoms with Gasteiger partial charge < -0.3 is 20.7 Å². The highest BCUT2D eigenvalue weighted by Crippen LogP contribution is 2.29. The van der Waals surface area contributed by atoms with E-state index in [0.717, 1.165) is 11.3 Å². The maximum atomic E-state index is 9.93. The fraction of sp³-hybridized carbons (Fsp3) is 0.571. The smallest absolute Gasteiger partial charge is 0.118 e. The quantitative estimate of drug-likeness (QED) is 0.713. The molecule has 0 saturated heterocycles. The fourth-order valence-corrected chi connectivity index (χ4v) is 2.03. The van der Waals surface area contributed by atoms with Crippen molar-refractivity contribution in [2.75, 3.05) is 13.7 Å². The number of nitrogens with two attached hydrogens (primary N) is 1. The van der Waals surface area contributed by atoms with Crippen molar-refractivity contribution in [1.29, 1.82) is 0 Å². The van der Waals surface area contributed by atoms with Crippen LogP contribution in [0.4, 0.5) is 0 Å². The molecule has 0 aliphatic rings. The van der Waals surface area contributed by atoms with E-state index in [1.54, 1.807) is 21.0 Å². The summed E-state index contributed by atoms with van der Waals surface area (Å²) in [6, 6.07) is 7.17. The summed E-state index contributed by atoms with van der Waals surface area (Å²) in [7, 11) is 1.61. The molecule has 0 unspecified atom stereocenters. The SMILES string of the molecule is COc1ccc([C@@H](CC(C)(C)O)[C@@H](N)CO)cc1. The Kier molecular flexibility index (Phi) is 5.14. The molecule has 4 heteroatoms. The monoisotopic (exact) mass is 253 g/mol. The summed E-state index contributed by atoms with van der Waals surface area (Å²) < 4.78 is 5.11. The number of aliphatic hydroxyl groups is 2. The van der Waals surface area contributed by atoms with Crippen molar-refractivity contribution < 1.29 is 14.9 Å². The molecule has 0 radical (unpaired) electrons. The number of rotatable bonds is 6. The van der Waals surface area contributed by atoms with Gasteiger partial charge in [-0.3, -0.25) is 0 Å². The molecule has 0 bridgehead atoms. The molecule has 4 nitrogen and oxygen atoms in total. The Morgan fingerprint density at radius 2 is 1.83 bits per heavy atom. The highest BCUT2D eigenvalue weighted by molar-refractivity contribution is 5.30. The molecule has 0 spiro atoms. The minimum Gasteiger partial charge on any atom is -0.497 e. The summed E-state index contributed by atoms with van der Waals surface area (Å²) in [6.45, 7) is 3.38. The van der Waals surface area contributed by atoms with Crippen LogP contribution in [0.1, 0.15) is 31.7 Å². The van der Waals surface area contributed by atoms with E-state index in [1.807, 2.05) is 24.3 Å². The van der Waals surface area contributed by atoms with Crippen molar-refractivity contribution in [2.24, 2.45) is 5.73 Å². The van der Waals surface area contributed by atoms with Gasteiger partial charge in [0.15, 0.2) is 0 Å². The number of hydrogen-bond donors (Lipinski definition) is 3. The van der Waals surface area contributed by atoms with Crippen LogP contribution in [0.25, 0.3) is 0 Å². The Bertz CT molecular complexity index is 356. The van der Waals surface area contributed by atoms with Crippen molar-refractivity contribution in [2.45, 2.75) is 37.8 Å². The zero-order valence-electron chi connectivity index (χ0n) is 11.3. The molecule has 0 heterocycles. The summed E-state index contributed by atoms with van der Waals surface area (Å²) >= 11 is 0. The minimum atomic E-state index is -0.822. The molecule has 0 aromatic heterocycles. The predicted octanol–water partition coefficient (Wildman–Crippen LogP) is 1.26. The normalized spacial score (nSPS) is 15.2. The van der Waals surface area contributed by atoms with E-state index in [2.05, 4.69) is 0 Å². The fourth-order valence-electron chi connectivity index (χ4n) is 2.03. The number of benzene rings is 1. The lowest BCUT2D eigenvalue weighted by atomic mass is 9.83. The van der Waals surface area contributed by atoms with Gasteiger partial charge in [0.1, 0.15) is 5.75 Å². The molecule has 0 fully saturated rings. The molecule has 0 aliphatic heterocycles. The van der Waals surface area contributed by atoms with Gasteiger partial charge in [-0.25, -0.2) is 0 Å². The first kappa shape index (κ1) is 15.0. The van der Waals surface area contributed by atoms with Crippen molar-refractivity contribution >= 4 is 0 Å². The lowest BCUT2D eigenvalue weighted by molar-refractivity contribution is 0.0567. The Hall–Kier alpha value is -1.10. The molecule has 1 rings (SSSR count). The van der Waals surface area contributed by atoms with E-state index in [0.29, 0.717) is 6.42 Å². The molecule has 2 atom stereocenters. The summed E-state index contributed by atoms with van der Waals surface area (Å²) in [5, 5.41) is 19.2. The molecule has 102 valence electrons. The van der Waals surface area contributed by atoms with Gasteiger partial charge in [-0.05, 0) is 38.0 Å². The Morgan fingerprint density at radius 3 is 2.22 bits per heavy atom. The molecular weight excluding hydrogens is 230 g/mol. The topological polar surface area (TPSA) is 75.7 Å². The lowest BCUT2D eigenvalue weighted by Crippen LogP contribution is -2.36. The van der Waals surface area contributed by atoms with E-state index >= 15 is 0 Å². The van der Waals surface area contributed by atoms with Crippen molar-refractivity contribution in [1.82, 2.24) is 0 Å². The summed E-state index contributed by atoms with van der Waals surface area (Å²) in [5.41, 5.74) is 6.11. The van der Waals surface area contributed by atoms with Crippen molar-refractivity contribution in [3.8, 4) is 5.75 Å². The molecule has 1 aromatic carbocycles. The van der Waals surface area contributed by atoms with Crippen LogP contribution in [-0.4, -0.2) is 35.6 Å². The highest BCUT2D eigenvalue weighted by Gasteiger charge is 2.26. The van der Waals surface area contributed by atoms with Crippen LogP contribution in [0.3, 0.4) is 0 Å². The van der Waals surface area contributed by atoms with Gasteiger partial charge in [-0.1, -0.05) is 12.1 Å². The van der Waals surface area contributed by atoms with Gasteiger partial charge in [-0.2, -0.15) is 0 Å². The standard InChI is InChI=1S/C14H23NO3/c1-14(2,17)8-12(13(15)9-16)10-4-6-11(18-3)7-5-10/h4-7,12-13,16-17H,8-9,15H2,1-3H3/t12-,13+/m1/s1. The number of ether oxygens (including phenoxy) is 1. The molecule has 0 saturated carbocycles. The minimum absolute atomic E-state index is 0.0825. The maximum Gasteiger partial charge on any atom is 0.118 e. The molecule has 0 aliphatic carbocycles. The third-order valence-electron chi connectivity index (χ3n) is 2.99. The van der Waals surface area contributed by atoms with E-state index in [4.69, 9.17) is 10.5 Å². The van der Waals surface area contributed by atoms with E-state index in [1.165, 1.54) is 0 Å². The maximum absolute atomic E-state index is 9.93. The molecular formula is C14H23NO3. The second-order valence-corrected chi connectivity index (χ2v) is 5.24. The van der Waals surface area contributed by atoms with Gasteiger partial charge in [0, 0.05) is 12.0 Å². The van der Waals surface area contributed by atoms with Crippen LogP contribution in [0.2, 0.25) is 0 Å². The average molecular weight is 253 g/mol. The van der Waals surface area contributed by atoms with E-state index in [-0.39, 0.29) is 18.6 Å². The molecule has 4 N–H and O–H groups in total.